The minimum atomic E-state index is 0.151. The Balaban J connectivity index is 1.95. The van der Waals surface area contributed by atoms with Gasteiger partial charge in [0, 0.05) is 19.1 Å². The molecule has 1 aromatic carbocycles. The van der Waals surface area contributed by atoms with E-state index in [9.17, 15) is 5.11 Å². The Morgan fingerprint density at radius 2 is 2.25 bits per heavy atom. The molecule has 0 spiro atoms. The standard InChI is InChI=1S/C16H26N2O2/c1-13-5-3-4-6-15(13)16(17-2)7-8-18-9-10-20-12-14(18)11-19/h3-6,14,16-17,19H,7-12H2,1-2H3. The Kier molecular flexibility index (Phi) is 5.98. The number of nitrogens with one attached hydrogen (secondary N) is 1. The lowest BCUT2D eigenvalue weighted by atomic mass is 9.98. The van der Waals surface area contributed by atoms with Gasteiger partial charge in [0.25, 0.3) is 0 Å². The molecule has 0 bridgehead atoms. The van der Waals surface area contributed by atoms with Gasteiger partial charge in [-0.05, 0) is 31.5 Å². The quantitative estimate of drug-likeness (QED) is 0.824. The topological polar surface area (TPSA) is 44.7 Å². The molecule has 20 heavy (non-hydrogen) atoms. The zero-order valence-corrected chi connectivity index (χ0v) is 12.5. The van der Waals surface area contributed by atoms with Gasteiger partial charge in [-0.3, -0.25) is 4.90 Å². The fourth-order valence-electron chi connectivity index (χ4n) is 2.88. The van der Waals surface area contributed by atoms with Crippen LogP contribution >= 0.6 is 0 Å². The molecule has 0 radical (unpaired) electrons. The molecule has 1 aromatic rings. The highest BCUT2D eigenvalue weighted by Gasteiger charge is 2.23. The van der Waals surface area contributed by atoms with Gasteiger partial charge in [-0.1, -0.05) is 24.3 Å². The number of hydrogen-bond donors (Lipinski definition) is 2. The van der Waals surface area contributed by atoms with E-state index in [1.54, 1.807) is 0 Å². The number of rotatable bonds is 6. The summed E-state index contributed by atoms with van der Waals surface area (Å²) < 4.78 is 5.42. The van der Waals surface area contributed by atoms with Crippen molar-refractivity contribution in [3.63, 3.8) is 0 Å². The first-order valence-corrected chi connectivity index (χ1v) is 7.41. The predicted octanol–water partition coefficient (Wildman–Crippen LogP) is 1.34. The maximum Gasteiger partial charge on any atom is 0.0644 e. The average molecular weight is 278 g/mol. The van der Waals surface area contributed by atoms with Crippen LogP contribution in [0.15, 0.2) is 24.3 Å². The zero-order chi connectivity index (χ0) is 14.4. The highest BCUT2D eigenvalue weighted by molar-refractivity contribution is 5.28. The number of hydrogen-bond acceptors (Lipinski definition) is 4. The van der Waals surface area contributed by atoms with Crippen molar-refractivity contribution >= 4 is 0 Å². The molecule has 4 heteroatoms. The summed E-state index contributed by atoms with van der Waals surface area (Å²) in [6.07, 6.45) is 1.04. The van der Waals surface area contributed by atoms with Crippen molar-refractivity contribution in [3.8, 4) is 0 Å². The summed E-state index contributed by atoms with van der Waals surface area (Å²) in [4.78, 5) is 2.34. The van der Waals surface area contributed by atoms with E-state index < -0.39 is 0 Å². The summed E-state index contributed by atoms with van der Waals surface area (Å²) >= 11 is 0. The van der Waals surface area contributed by atoms with Gasteiger partial charge < -0.3 is 15.2 Å². The maximum atomic E-state index is 9.41. The molecule has 2 rings (SSSR count). The van der Waals surface area contributed by atoms with Gasteiger partial charge in [0.1, 0.15) is 0 Å². The second-order valence-electron chi connectivity index (χ2n) is 5.43. The van der Waals surface area contributed by atoms with Gasteiger partial charge in [-0.25, -0.2) is 0 Å². The Labute approximate surface area is 121 Å². The van der Waals surface area contributed by atoms with Crippen LogP contribution in [0.4, 0.5) is 0 Å². The molecular weight excluding hydrogens is 252 g/mol. The molecule has 0 aliphatic carbocycles. The van der Waals surface area contributed by atoms with Crippen LogP contribution < -0.4 is 5.32 Å². The van der Waals surface area contributed by atoms with E-state index in [4.69, 9.17) is 4.74 Å². The molecule has 2 unspecified atom stereocenters. The largest absolute Gasteiger partial charge is 0.395 e. The van der Waals surface area contributed by atoms with Gasteiger partial charge in [0.05, 0.1) is 25.9 Å². The van der Waals surface area contributed by atoms with Crippen molar-refractivity contribution in [2.75, 3.05) is 40.0 Å². The van der Waals surface area contributed by atoms with Crippen LogP contribution in [-0.4, -0.2) is 56.0 Å². The molecule has 0 saturated carbocycles. The Bertz CT molecular complexity index is 411. The molecule has 1 fully saturated rings. The normalized spacial score (nSPS) is 21.9. The van der Waals surface area contributed by atoms with Crippen LogP contribution in [0.3, 0.4) is 0 Å². The van der Waals surface area contributed by atoms with E-state index in [0.29, 0.717) is 12.6 Å². The van der Waals surface area contributed by atoms with E-state index in [-0.39, 0.29) is 12.6 Å². The van der Waals surface area contributed by atoms with E-state index in [1.807, 2.05) is 7.05 Å². The second-order valence-corrected chi connectivity index (χ2v) is 5.43. The van der Waals surface area contributed by atoms with Crippen molar-refractivity contribution in [3.05, 3.63) is 35.4 Å². The maximum absolute atomic E-state index is 9.41. The minimum absolute atomic E-state index is 0.151. The molecule has 2 N–H and O–H groups in total. The summed E-state index contributed by atoms with van der Waals surface area (Å²) in [5, 5.41) is 12.8. The van der Waals surface area contributed by atoms with Crippen LogP contribution in [0.2, 0.25) is 0 Å². The summed E-state index contributed by atoms with van der Waals surface area (Å²) in [5.41, 5.74) is 2.69. The predicted molar refractivity (Wildman–Crippen MR) is 80.9 cm³/mol. The molecule has 112 valence electrons. The number of ether oxygens (including phenoxy) is 1. The lowest BCUT2D eigenvalue weighted by molar-refractivity contribution is -0.0285. The number of aliphatic hydroxyl groups excluding tert-OH is 1. The monoisotopic (exact) mass is 278 g/mol. The smallest absolute Gasteiger partial charge is 0.0644 e. The van der Waals surface area contributed by atoms with E-state index in [0.717, 1.165) is 26.1 Å². The van der Waals surface area contributed by atoms with Gasteiger partial charge in [0.2, 0.25) is 0 Å². The fraction of sp³-hybridized carbons (Fsp3) is 0.625. The SMILES string of the molecule is CNC(CCN1CCOCC1CO)c1ccccc1C. The molecule has 1 aliphatic heterocycles. The zero-order valence-electron chi connectivity index (χ0n) is 12.5. The van der Waals surface area contributed by atoms with Gasteiger partial charge in [-0.15, -0.1) is 0 Å². The van der Waals surface area contributed by atoms with Crippen molar-refractivity contribution in [1.29, 1.82) is 0 Å². The molecular formula is C16H26N2O2. The van der Waals surface area contributed by atoms with Gasteiger partial charge in [-0.2, -0.15) is 0 Å². The van der Waals surface area contributed by atoms with Crippen LogP contribution in [0.25, 0.3) is 0 Å². The van der Waals surface area contributed by atoms with Crippen LogP contribution in [0, 0.1) is 6.92 Å². The Hall–Kier alpha value is -0.940. The number of benzene rings is 1. The lowest BCUT2D eigenvalue weighted by Gasteiger charge is -2.35. The van der Waals surface area contributed by atoms with Gasteiger partial charge >= 0.3 is 0 Å². The van der Waals surface area contributed by atoms with Crippen molar-refractivity contribution < 1.29 is 9.84 Å². The van der Waals surface area contributed by atoms with Crippen molar-refractivity contribution in [2.24, 2.45) is 0 Å². The first kappa shape index (κ1) is 15.4. The summed E-state index contributed by atoms with van der Waals surface area (Å²) in [6.45, 7) is 5.64. The Morgan fingerprint density at radius 3 is 2.95 bits per heavy atom. The Morgan fingerprint density at radius 1 is 1.45 bits per heavy atom. The van der Waals surface area contributed by atoms with E-state index in [2.05, 4.69) is 41.4 Å². The second kappa shape index (κ2) is 7.74. The van der Waals surface area contributed by atoms with Crippen LogP contribution in [-0.2, 0) is 4.74 Å². The summed E-state index contributed by atoms with van der Waals surface area (Å²) in [5.74, 6) is 0. The lowest BCUT2D eigenvalue weighted by Crippen LogP contribution is -2.48. The van der Waals surface area contributed by atoms with Crippen molar-refractivity contribution in [2.45, 2.75) is 25.4 Å². The van der Waals surface area contributed by atoms with Crippen LogP contribution in [0.1, 0.15) is 23.6 Å². The molecule has 4 nitrogen and oxygen atoms in total. The summed E-state index contributed by atoms with van der Waals surface area (Å²) in [6, 6.07) is 9.04. The molecule has 2 atom stereocenters. The van der Waals surface area contributed by atoms with Gasteiger partial charge in [0.15, 0.2) is 0 Å². The number of morpholine rings is 1. The molecule has 1 saturated heterocycles. The number of aryl methyl sites for hydroxylation is 1. The first-order chi connectivity index (χ1) is 9.76. The molecule has 0 aromatic heterocycles. The number of nitrogens with zero attached hydrogens (tertiary/aromatic N) is 1. The van der Waals surface area contributed by atoms with Crippen LogP contribution in [0.5, 0.6) is 0 Å². The minimum Gasteiger partial charge on any atom is -0.395 e. The third-order valence-electron chi connectivity index (χ3n) is 4.18. The third kappa shape index (κ3) is 3.79. The summed E-state index contributed by atoms with van der Waals surface area (Å²) in [7, 11) is 2.01. The van der Waals surface area contributed by atoms with Crippen molar-refractivity contribution in [1.82, 2.24) is 10.2 Å². The highest BCUT2D eigenvalue weighted by Crippen LogP contribution is 2.21. The first-order valence-electron chi connectivity index (χ1n) is 7.41. The number of aliphatic hydroxyl groups is 1. The third-order valence-corrected chi connectivity index (χ3v) is 4.18. The van der Waals surface area contributed by atoms with E-state index in [1.165, 1.54) is 11.1 Å². The average Bonchev–Trinajstić information content (AvgIpc) is 2.50. The highest BCUT2D eigenvalue weighted by atomic mass is 16.5. The molecule has 1 heterocycles. The fourth-order valence-corrected chi connectivity index (χ4v) is 2.88. The molecule has 1 aliphatic rings. The molecule has 0 amide bonds. The van der Waals surface area contributed by atoms with E-state index >= 15 is 0 Å².